The number of halogens is 1. The smallest absolute Gasteiger partial charge is 0.423 e. The molecule has 1 saturated carbocycles. The Labute approximate surface area is 92.8 Å². The second-order valence-electron chi connectivity index (χ2n) is 3.75. The Hall–Kier alpha value is -0.835. The van der Waals surface area contributed by atoms with Gasteiger partial charge in [-0.3, -0.25) is 4.79 Å². The summed E-state index contributed by atoms with van der Waals surface area (Å²) in [4.78, 5) is 11.7. The maximum absolute atomic E-state index is 11.7. The van der Waals surface area contributed by atoms with Gasteiger partial charge in [0, 0.05) is 11.5 Å². The first-order chi connectivity index (χ1) is 7.09. The van der Waals surface area contributed by atoms with Crippen molar-refractivity contribution < 1.29 is 14.8 Å². The summed E-state index contributed by atoms with van der Waals surface area (Å²) in [5.41, 5.74) is 0.774. The Morgan fingerprint density at radius 3 is 2.53 bits per heavy atom. The predicted octanol–water partition coefficient (Wildman–Crippen LogP) is 0.612. The van der Waals surface area contributed by atoms with Crippen LogP contribution in [0.3, 0.4) is 0 Å². The zero-order valence-electron chi connectivity index (χ0n) is 7.98. The number of Topliss-reactive ketones (excluding diaryl/α,β-unsaturated/α-hetero) is 1. The summed E-state index contributed by atoms with van der Waals surface area (Å²) in [6.45, 7) is 0. The first-order valence-electron chi connectivity index (χ1n) is 4.79. The van der Waals surface area contributed by atoms with E-state index in [0.717, 1.165) is 12.8 Å². The molecule has 1 aliphatic rings. The lowest BCUT2D eigenvalue weighted by Crippen LogP contribution is -2.30. The van der Waals surface area contributed by atoms with Gasteiger partial charge in [-0.1, -0.05) is 23.7 Å². The summed E-state index contributed by atoms with van der Waals surface area (Å²) in [6, 6.07) is 4.48. The number of carbonyl (C=O) groups excluding carboxylic acids is 1. The van der Waals surface area contributed by atoms with E-state index in [0.29, 0.717) is 11.0 Å². The molecule has 1 fully saturated rings. The number of benzene rings is 1. The average Bonchev–Trinajstić information content (AvgIpc) is 2.99. The van der Waals surface area contributed by atoms with Crippen LogP contribution in [-0.2, 0) is 0 Å². The number of rotatable bonds is 3. The van der Waals surface area contributed by atoms with Gasteiger partial charge in [0.25, 0.3) is 0 Å². The molecule has 0 amide bonds. The van der Waals surface area contributed by atoms with Crippen LogP contribution in [0, 0.1) is 5.92 Å². The molecule has 2 rings (SSSR count). The normalized spacial score (nSPS) is 15.1. The van der Waals surface area contributed by atoms with Crippen molar-refractivity contribution in [2.24, 2.45) is 5.92 Å². The third kappa shape index (κ3) is 2.22. The van der Waals surface area contributed by atoms with Gasteiger partial charge in [-0.25, -0.2) is 0 Å². The van der Waals surface area contributed by atoms with Gasteiger partial charge >= 0.3 is 7.12 Å². The average molecular weight is 224 g/mol. The van der Waals surface area contributed by atoms with Crippen molar-refractivity contribution >= 4 is 30.0 Å². The summed E-state index contributed by atoms with van der Waals surface area (Å²) in [5, 5.41) is 18.1. The molecule has 1 aliphatic carbocycles. The monoisotopic (exact) mass is 224 g/mol. The van der Waals surface area contributed by atoms with Gasteiger partial charge in [-0.15, -0.1) is 0 Å². The van der Waals surface area contributed by atoms with Crippen molar-refractivity contribution in [2.45, 2.75) is 12.8 Å². The van der Waals surface area contributed by atoms with Crippen LogP contribution in [0.2, 0.25) is 5.02 Å². The van der Waals surface area contributed by atoms with E-state index in [1.54, 1.807) is 6.07 Å². The van der Waals surface area contributed by atoms with Crippen LogP contribution in [-0.4, -0.2) is 22.9 Å². The fraction of sp³-hybridized carbons (Fsp3) is 0.300. The van der Waals surface area contributed by atoms with Crippen molar-refractivity contribution in [1.29, 1.82) is 0 Å². The zero-order valence-corrected chi connectivity index (χ0v) is 8.74. The number of ketones is 1. The summed E-state index contributed by atoms with van der Waals surface area (Å²) in [7, 11) is -1.55. The van der Waals surface area contributed by atoms with Crippen LogP contribution in [0.25, 0.3) is 0 Å². The molecule has 3 nitrogen and oxygen atoms in total. The van der Waals surface area contributed by atoms with Gasteiger partial charge in [-0.05, 0) is 24.4 Å². The molecule has 15 heavy (non-hydrogen) atoms. The van der Waals surface area contributed by atoms with Gasteiger partial charge < -0.3 is 10.0 Å². The van der Waals surface area contributed by atoms with Gasteiger partial charge in [0.1, 0.15) is 0 Å². The molecule has 0 heterocycles. The van der Waals surface area contributed by atoms with E-state index >= 15 is 0 Å². The van der Waals surface area contributed by atoms with E-state index in [4.69, 9.17) is 21.6 Å². The molecule has 0 bridgehead atoms. The lowest BCUT2D eigenvalue weighted by Gasteiger charge is -2.05. The molecule has 78 valence electrons. The van der Waals surface area contributed by atoms with Gasteiger partial charge in [-0.2, -0.15) is 0 Å². The fourth-order valence-corrected chi connectivity index (χ4v) is 1.74. The highest BCUT2D eigenvalue weighted by molar-refractivity contribution is 6.59. The highest BCUT2D eigenvalue weighted by Gasteiger charge is 2.31. The molecule has 0 saturated heterocycles. The highest BCUT2D eigenvalue weighted by atomic mass is 35.5. The third-order valence-electron chi connectivity index (χ3n) is 2.50. The van der Waals surface area contributed by atoms with E-state index in [2.05, 4.69) is 0 Å². The Balaban J connectivity index is 2.29. The largest absolute Gasteiger partial charge is 0.488 e. The number of carbonyl (C=O) groups is 1. The Kier molecular flexibility index (Phi) is 2.82. The second kappa shape index (κ2) is 3.97. The third-order valence-corrected chi connectivity index (χ3v) is 2.82. The van der Waals surface area contributed by atoms with Crippen molar-refractivity contribution in [1.82, 2.24) is 0 Å². The molecule has 0 atom stereocenters. The lowest BCUT2D eigenvalue weighted by molar-refractivity contribution is 0.0968. The van der Waals surface area contributed by atoms with Crippen molar-refractivity contribution in [2.75, 3.05) is 0 Å². The molecule has 0 aliphatic heterocycles. The van der Waals surface area contributed by atoms with Gasteiger partial charge in [0.05, 0.1) is 5.02 Å². The van der Waals surface area contributed by atoms with Crippen LogP contribution in [0.4, 0.5) is 0 Å². The predicted molar refractivity (Wildman–Crippen MR) is 58.3 cm³/mol. The number of hydrogen-bond donors (Lipinski definition) is 2. The van der Waals surface area contributed by atoms with Gasteiger partial charge in [0.2, 0.25) is 0 Å². The van der Waals surface area contributed by atoms with E-state index in [1.807, 2.05) is 0 Å². The molecule has 0 radical (unpaired) electrons. The summed E-state index contributed by atoms with van der Waals surface area (Å²) in [5.74, 6) is 0.173. The minimum atomic E-state index is -1.55. The molecular formula is C10H10BClO3. The molecule has 1 aromatic rings. The van der Waals surface area contributed by atoms with Crippen LogP contribution in [0.5, 0.6) is 0 Å². The lowest BCUT2D eigenvalue weighted by atomic mass is 9.80. The Morgan fingerprint density at radius 2 is 2.07 bits per heavy atom. The van der Waals surface area contributed by atoms with Crippen LogP contribution < -0.4 is 5.46 Å². The quantitative estimate of drug-likeness (QED) is 0.584. The first kappa shape index (κ1) is 10.7. The molecule has 1 aromatic carbocycles. The number of hydrogen-bond acceptors (Lipinski definition) is 3. The summed E-state index contributed by atoms with van der Waals surface area (Å²) >= 11 is 5.90. The molecule has 0 spiro atoms. The standard InChI is InChI=1S/C10H10BClO3/c12-9-5-7(11(14)15)3-4-8(9)10(13)6-1-2-6/h3-6,14-15H,1-2H2. The van der Waals surface area contributed by atoms with E-state index < -0.39 is 7.12 Å². The molecule has 2 N–H and O–H groups in total. The molecule has 5 heteroatoms. The van der Waals surface area contributed by atoms with Crippen LogP contribution in [0.1, 0.15) is 23.2 Å². The minimum Gasteiger partial charge on any atom is -0.423 e. The maximum Gasteiger partial charge on any atom is 0.488 e. The van der Waals surface area contributed by atoms with Crippen molar-refractivity contribution in [3.63, 3.8) is 0 Å². The van der Waals surface area contributed by atoms with Crippen LogP contribution in [0.15, 0.2) is 18.2 Å². The van der Waals surface area contributed by atoms with Crippen molar-refractivity contribution in [3.05, 3.63) is 28.8 Å². The molecule has 0 unspecified atom stereocenters. The Bertz CT molecular complexity index is 402. The maximum atomic E-state index is 11.7. The second-order valence-corrected chi connectivity index (χ2v) is 4.16. The van der Waals surface area contributed by atoms with E-state index in [-0.39, 0.29) is 16.7 Å². The first-order valence-corrected chi connectivity index (χ1v) is 5.17. The van der Waals surface area contributed by atoms with E-state index in [9.17, 15) is 4.79 Å². The van der Waals surface area contributed by atoms with Crippen LogP contribution >= 0.6 is 11.6 Å². The summed E-state index contributed by atoms with van der Waals surface area (Å²) in [6.07, 6.45) is 1.86. The molecular weight excluding hydrogens is 214 g/mol. The topological polar surface area (TPSA) is 57.5 Å². The summed E-state index contributed by atoms with van der Waals surface area (Å²) < 4.78 is 0. The zero-order chi connectivity index (χ0) is 11.0. The minimum absolute atomic E-state index is 0.0546. The Morgan fingerprint density at radius 1 is 1.40 bits per heavy atom. The molecule has 0 aromatic heterocycles. The van der Waals surface area contributed by atoms with Crippen molar-refractivity contribution in [3.8, 4) is 0 Å². The van der Waals surface area contributed by atoms with E-state index in [1.165, 1.54) is 12.1 Å². The fourth-order valence-electron chi connectivity index (χ4n) is 1.46. The van der Waals surface area contributed by atoms with Gasteiger partial charge in [0.15, 0.2) is 5.78 Å². The highest BCUT2D eigenvalue weighted by Crippen LogP contribution is 2.34. The SMILES string of the molecule is O=C(c1ccc(B(O)O)cc1Cl)C1CC1.